The molecule has 0 saturated heterocycles. The third kappa shape index (κ3) is 7.47. The number of aryl methyl sites for hydroxylation is 1. The lowest BCUT2D eigenvalue weighted by Crippen LogP contribution is -2.25. The van der Waals surface area contributed by atoms with Crippen LogP contribution in [0.1, 0.15) is 28.8 Å². The van der Waals surface area contributed by atoms with E-state index in [2.05, 4.69) is 32.5 Å². The summed E-state index contributed by atoms with van der Waals surface area (Å²) >= 11 is 1.41. The molecule has 0 radical (unpaired) electrons. The van der Waals surface area contributed by atoms with E-state index < -0.39 is 0 Å². The predicted molar refractivity (Wildman–Crippen MR) is 146 cm³/mol. The Bertz CT molecular complexity index is 1420. The van der Waals surface area contributed by atoms with Gasteiger partial charge in [-0.2, -0.15) is 5.10 Å². The van der Waals surface area contributed by atoms with Gasteiger partial charge in [0.15, 0.2) is 5.13 Å². The highest BCUT2D eigenvalue weighted by atomic mass is 32.1. The Morgan fingerprint density at radius 1 is 1.14 bits per heavy atom. The highest BCUT2D eigenvalue weighted by molar-refractivity contribution is 7.15. The van der Waals surface area contributed by atoms with Crippen LogP contribution in [0.4, 0.5) is 10.8 Å². The maximum atomic E-state index is 12.7. The zero-order valence-electron chi connectivity index (χ0n) is 21.3. The van der Waals surface area contributed by atoms with E-state index in [-0.39, 0.29) is 30.5 Å². The van der Waals surface area contributed by atoms with Crippen molar-refractivity contribution in [1.29, 1.82) is 0 Å². The van der Waals surface area contributed by atoms with Crippen LogP contribution < -0.4 is 20.5 Å². The van der Waals surface area contributed by atoms with E-state index >= 15 is 0 Å². The average molecular weight is 519 g/mol. The lowest BCUT2D eigenvalue weighted by Gasteiger charge is -2.17. The smallest absolute Gasteiger partial charge is 0.269 e. The minimum atomic E-state index is -0.241. The van der Waals surface area contributed by atoms with Gasteiger partial charge in [-0.3, -0.25) is 14.6 Å². The molecule has 3 aromatic heterocycles. The van der Waals surface area contributed by atoms with E-state index in [4.69, 9.17) is 4.74 Å². The summed E-state index contributed by atoms with van der Waals surface area (Å²) < 4.78 is 7.57. The van der Waals surface area contributed by atoms with Crippen molar-refractivity contribution < 1.29 is 9.53 Å². The number of hydrogen-bond donors (Lipinski definition) is 1. The largest absolute Gasteiger partial charge is 0.490 e. The molecule has 0 spiro atoms. The maximum Gasteiger partial charge on any atom is 0.269 e. The average Bonchev–Trinajstić information content (AvgIpc) is 3.24. The van der Waals surface area contributed by atoms with Crippen molar-refractivity contribution in [3.63, 3.8) is 0 Å². The number of carbonyl (C=O) groups is 1. The Hall–Kier alpha value is -4.05. The normalized spacial score (nSPS) is 11.7. The number of ether oxygens (including phenoxy) is 1. The number of rotatable bonds is 10. The molecule has 4 aromatic rings. The first kappa shape index (κ1) is 26.0. The van der Waals surface area contributed by atoms with Crippen molar-refractivity contribution >= 4 is 28.1 Å². The highest BCUT2D eigenvalue weighted by Gasteiger charge is 2.14. The maximum absolute atomic E-state index is 12.7. The van der Waals surface area contributed by atoms with Gasteiger partial charge in [0.25, 0.3) is 5.56 Å². The van der Waals surface area contributed by atoms with Crippen LogP contribution in [0.5, 0.6) is 5.75 Å². The Labute approximate surface area is 219 Å². The van der Waals surface area contributed by atoms with Crippen LogP contribution in [-0.2, 0) is 24.2 Å². The zero-order chi connectivity index (χ0) is 26.4. The first-order valence-electron chi connectivity index (χ1n) is 11.9. The van der Waals surface area contributed by atoms with E-state index in [1.807, 2.05) is 51.0 Å². The van der Waals surface area contributed by atoms with Crippen LogP contribution >= 0.6 is 11.3 Å². The molecule has 1 N–H and O–H groups in total. The van der Waals surface area contributed by atoms with E-state index in [1.165, 1.54) is 27.6 Å². The number of anilines is 2. The first-order valence-corrected chi connectivity index (χ1v) is 12.7. The number of benzene rings is 1. The van der Waals surface area contributed by atoms with Crippen LogP contribution in [0, 0.1) is 6.92 Å². The second kappa shape index (κ2) is 11.8. The number of nitrogens with one attached hydrogen (secondary N) is 1. The fourth-order valence-corrected chi connectivity index (χ4v) is 4.44. The number of aromatic nitrogens is 4. The fraction of sp³-hybridized carbons (Fsp3) is 0.296. The lowest BCUT2D eigenvalue weighted by atomic mass is 10.1. The molecule has 4 rings (SSSR count). The fourth-order valence-electron chi connectivity index (χ4n) is 3.76. The van der Waals surface area contributed by atoms with Crippen molar-refractivity contribution in [2.45, 2.75) is 39.3 Å². The monoisotopic (exact) mass is 518 g/mol. The summed E-state index contributed by atoms with van der Waals surface area (Å²) in [5, 5.41) is 7.64. The number of pyridine rings is 1. The van der Waals surface area contributed by atoms with Crippen LogP contribution in [-0.4, -0.2) is 45.9 Å². The molecule has 0 aliphatic heterocycles. The molecule has 1 aromatic carbocycles. The first-order chi connectivity index (χ1) is 17.7. The molecule has 3 heterocycles. The van der Waals surface area contributed by atoms with Gasteiger partial charge in [-0.25, -0.2) is 9.67 Å². The summed E-state index contributed by atoms with van der Waals surface area (Å²) in [6, 6.07) is 15.2. The topological polar surface area (TPSA) is 102 Å². The van der Waals surface area contributed by atoms with Gasteiger partial charge in [-0.15, -0.1) is 11.3 Å². The molecule has 192 valence electrons. The number of amides is 1. The van der Waals surface area contributed by atoms with Gasteiger partial charge < -0.3 is 15.0 Å². The minimum Gasteiger partial charge on any atom is -0.490 e. The molecule has 0 fully saturated rings. The van der Waals surface area contributed by atoms with Crippen molar-refractivity contribution in [1.82, 2.24) is 19.7 Å². The highest BCUT2D eigenvalue weighted by Crippen LogP contribution is 2.20. The Morgan fingerprint density at radius 2 is 1.89 bits per heavy atom. The minimum absolute atomic E-state index is 0.0395. The summed E-state index contributed by atoms with van der Waals surface area (Å²) in [4.78, 5) is 37.0. The predicted octanol–water partition coefficient (Wildman–Crippen LogP) is 3.71. The molecule has 9 nitrogen and oxygen atoms in total. The van der Waals surface area contributed by atoms with Crippen molar-refractivity contribution in [3.8, 4) is 5.75 Å². The van der Waals surface area contributed by atoms with Gasteiger partial charge in [-0.05, 0) is 19.4 Å². The Kier molecular flexibility index (Phi) is 8.29. The SMILES string of the molecule is Cc1cnc(NC(=O)Cc2cc(O[C@@H](C)Cc3ccccc3)cc(Cn3ncc(N(C)C)cc3=O)n2)s1. The molecule has 0 bridgehead atoms. The van der Waals surface area contributed by atoms with E-state index in [1.54, 1.807) is 24.5 Å². The molecule has 1 amide bonds. The number of carbonyl (C=O) groups excluding carboxylic acids is 1. The molecule has 0 saturated carbocycles. The zero-order valence-corrected chi connectivity index (χ0v) is 22.2. The summed E-state index contributed by atoms with van der Waals surface area (Å²) in [7, 11) is 3.70. The summed E-state index contributed by atoms with van der Waals surface area (Å²) in [5.74, 6) is 0.354. The van der Waals surface area contributed by atoms with Crippen molar-refractivity contribution in [2.75, 3.05) is 24.3 Å². The van der Waals surface area contributed by atoms with Crippen molar-refractivity contribution in [3.05, 3.63) is 93.1 Å². The molecule has 0 unspecified atom stereocenters. The van der Waals surface area contributed by atoms with Gasteiger partial charge in [0.1, 0.15) is 5.75 Å². The number of nitrogens with zero attached hydrogens (tertiary/aromatic N) is 5. The third-order valence-electron chi connectivity index (χ3n) is 5.50. The Balaban J connectivity index is 1.56. The third-order valence-corrected chi connectivity index (χ3v) is 6.33. The molecule has 0 aliphatic rings. The quantitative estimate of drug-likeness (QED) is 0.341. The van der Waals surface area contributed by atoms with Crippen LogP contribution in [0.2, 0.25) is 0 Å². The van der Waals surface area contributed by atoms with Crippen molar-refractivity contribution in [2.24, 2.45) is 0 Å². The van der Waals surface area contributed by atoms with Gasteiger partial charge in [0.2, 0.25) is 5.91 Å². The molecule has 10 heteroatoms. The van der Waals surface area contributed by atoms with Crippen LogP contribution in [0.25, 0.3) is 0 Å². The van der Waals surface area contributed by atoms with Gasteiger partial charge in [0, 0.05) is 49.8 Å². The number of hydrogen-bond acceptors (Lipinski definition) is 8. The van der Waals surface area contributed by atoms with Gasteiger partial charge >= 0.3 is 0 Å². The Morgan fingerprint density at radius 3 is 2.57 bits per heavy atom. The van der Waals surface area contributed by atoms with E-state index in [0.29, 0.717) is 22.3 Å². The molecule has 1 atom stereocenters. The van der Waals surface area contributed by atoms with Gasteiger partial charge in [-0.1, -0.05) is 30.3 Å². The summed E-state index contributed by atoms with van der Waals surface area (Å²) in [6.07, 6.45) is 4.00. The van der Waals surface area contributed by atoms with Gasteiger partial charge in [0.05, 0.1) is 42.3 Å². The number of thiazole rings is 1. The standard InChI is InChI=1S/C27H30N6O3S/c1-18(10-20-8-6-5-7-9-20)36-24-11-21(13-25(34)31-27-28-15-19(2)37-27)30-22(12-24)17-33-26(35)14-23(16-29-33)32(3)4/h5-9,11-12,14-16,18H,10,13,17H2,1-4H3,(H,28,31,34)/t18-/m0/s1. The molecule has 37 heavy (non-hydrogen) atoms. The lowest BCUT2D eigenvalue weighted by molar-refractivity contribution is -0.115. The molecular weight excluding hydrogens is 488 g/mol. The van der Waals surface area contributed by atoms with Crippen LogP contribution in [0.3, 0.4) is 0 Å². The second-order valence-corrected chi connectivity index (χ2v) is 10.2. The second-order valence-electron chi connectivity index (χ2n) is 9.01. The molecule has 0 aliphatic carbocycles. The summed E-state index contributed by atoms with van der Waals surface area (Å²) in [6.45, 7) is 4.08. The van der Waals surface area contributed by atoms with Crippen LogP contribution in [0.15, 0.2) is 65.7 Å². The van der Waals surface area contributed by atoms with E-state index in [0.717, 1.165) is 17.0 Å². The summed E-state index contributed by atoms with van der Waals surface area (Å²) in [5.41, 5.74) is 2.75. The molecular formula is C27H30N6O3S. The van der Waals surface area contributed by atoms with E-state index in [9.17, 15) is 9.59 Å².